The first-order valence-electron chi connectivity index (χ1n) is 12.9. The van der Waals surface area contributed by atoms with Gasteiger partial charge in [0.25, 0.3) is 5.56 Å². The van der Waals surface area contributed by atoms with Crippen molar-refractivity contribution in [2.24, 2.45) is 5.73 Å². The smallest absolute Gasteiger partial charge is 0.326 e. The number of hydrogen-bond acceptors (Lipinski definition) is 7. The number of ether oxygens (including phenoxy) is 1. The molecule has 208 valence electrons. The molecule has 0 aliphatic heterocycles. The lowest BCUT2D eigenvalue weighted by atomic mass is 10.1. The molecule has 10 nitrogen and oxygen atoms in total. The van der Waals surface area contributed by atoms with Gasteiger partial charge in [-0.2, -0.15) is 4.98 Å². The van der Waals surface area contributed by atoms with Crippen LogP contribution >= 0.6 is 0 Å². The molecular formula is C29H32FN7O3. The van der Waals surface area contributed by atoms with Crippen LogP contribution < -0.4 is 26.7 Å². The number of para-hydroxylation sites is 2. The van der Waals surface area contributed by atoms with E-state index in [0.717, 1.165) is 38.0 Å². The molecule has 0 atom stereocenters. The summed E-state index contributed by atoms with van der Waals surface area (Å²) in [7, 11) is 0. The van der Waals surface area contributed by atoms with E-state index in [4.69, 9.17) is 10.5 Å². The van der Waals surface area contributed by atoms with Gasteiger partial charge in [-0.25, -0.2) is 9.18 Å². The van der Waals surface area contributed by atoms with Crippen LogP contribution in [0, 0.1) is 0 Å². The largest absolute Gasteiger partial charge is 0.461 e. The van der Waals surface area contributed by atoms with Crippen LogP contribution in [0.2, 0.25) is 0 Å². The van der Waals surface area contributed by atoms with Crippen LogP contribution in [0.25, 0.3) is 11.1 Å². The van der Waals surface area contributed by atoms with Gasteiger partial charge in [-0.3, -0.25) is 20.0 Å². The first-order chi connectivity index (χ1) is 19.6. The number of rotatable bonds is 13. The number of carbonyl (C=O) groups is 1. The number of aromatic nitrogens is 3. The number of anilines is 2. The molecule has 0 spiro atoms. The van der Waals surface area contributed by atoms with Crippen LogP contribution in [0.3, 0.4) is 0 Å². The number of aromatic amines is 1. The monoisotopic (exact) mass is 545 g/mol. The second kappa shape index (κ2) is 14.5. The average molecular weight is 546 g/mol. The van der Waals surface area contributed by atoms with Crippen LogP contribution in [0.4, 0.5) is 20.8 Å². The number of pyridine rings is 1. The fourth-order valence-electron chi connectivity index (χ4n) is 4.15. The third-order valence-corrected chi connectivity index (χ3v) is 6.19. The zero-order valence-corrected chi connectivity index (χ0v) is 22.0. The summed E-state index contributed by atoms with van der Waals surface area (Å²) in [5.74, 6) is 0.146. The zero-order valence-electron chi connectivity index (χ0n) is 22.0. The van der Waals surface area contributed by atoms with E-state index in [0.29, 0.717) is 17.7 Å². The number of nitrogens with one attached hydrogen (secondary N) is 3. The normalized spacial score (nSPS) is 10.9. The zero-order chi connectivity index (χ0) is 28.2. The molecule has 2 amide bonds. The molecule has 0 bridgehead atoms. The summed E-state index contributed by atoms with van der Waals surface area (Å²) in [6.07, 6.45) is 6.94. The van der Waals surface area contributed by atoms with Gasteiger partial charge in [-0.05, 0) is 66.9 Å². The van der Waals surface area contributed by atoms with Crippen molar-refractivity contribution in [3.63, 3.8) is 0 Å². The maximum absolute atomic E-state index is 12.7. The van der Waals surface area contributed by atoms with E-state index in [-0.39, 0.29) is 17.4 Å². The Balaban J connectivity index is 1.37. The van der Waals surface area contributed by atoms with Crippen molar-refractivity contribution in [1.29, 1.82) is 0 Å². The van der Waals surface area contributed by atoms with Crippen LogP contribution in [0.15, 0.2) is 84.0 Å². The fraction of sp³-hybridized carbons (Fsp3) is 0.241. The molecule has 0 fully saturated rings. The van der Waals surface area contributed by atoms with Crippen molar-refractivity contribution in [1.82, 2.24) is 19.9 Å². The Labute approximate surface area is 231 Å². The van der Waals surface area contributed by atoms with Gasteiger partial charge >= 0.3 is 6.03 Å². The minimum absolute atomic E-state index is 0.0310. The van der Waals surface area contributed by atoms with Crippen molar-refractivity contribution in [3.8, 4) is 16.9 Å². The summed E-state index contributed by atoms with van der Waals surface area (Å²) in [5, 5.41) is 5.01. The third kappa shape index (κ3) is 8.19. The first-order valence-corrected chi connectivity index (χ1v) is 12.9. The molecule has 2 heterocycles. The predicted molar refractivity (Wildman–Crippen MR) is 153 cm³/mol. The first kappa shape index (κ1) is 28.4. The minimum Gasteiger partial charge on any atom is -0.461 e. The summed E-state index contributed by atoms with van der Waals surface area (Å²) in [5.41, 5.74) is 8.96. The van der Waals surface area contributed by atoms with Gasteiger partial charge in [0.1, 0.15) is 5.75 Å². The predicted octanol–water partition coefficient (Wildman–Crippen LogP) is 4.18. The molecule has 0 radical (unpaired) electrons. The quantitative estimate of drug-likeness (QED) is 0.198. The number of amides is 2. The molecule has 11 heteroatoms. The second-order valence-corrected chi connectivity index (χ2v) is 9.02. The maximum atomic E-state index is 12.7. The van der Waals surface area contributed by atoms with Gasteiger partial charge in [0, 0.05) is 31.7 Å². The number of nitrogens with two attached hydrogens (primary N) is 1. The lowest BCUT2D eigenvalue weighted by molar-refractivity contribution is 0.192. The second-order valence-electron chi connectivity index (χ2n) is 9.02. The van der Waals surface area contributed by atoms with Crippen molar-refractivity contribution in [3.05, 3.63) is 101 Å². The molecule has 0 aliphatic rings. The molecule has 0 aliphatic carbocycles. The van der Waals surface area contributed by atoms with Gasteiger partial charge in [0.15, 0.2) is 0 Å². The number of urea groups is 1. The number of halogens is 1. The fourth-order valence-corrected chi connectivity index (χ4v) is 4.15. The number of benzene rings is 2. The molecule has 40 heavy (non-hydrogen) atoms. The van der Waals surface area contributed by atoms with Crippen LogP contribution in [0.1, 0.15) is 17.5 Å². The van der Waals surface area contributed by atoms with Crippen LogP contribution in [0.5, 0.6) is 5.75 Å². The van der Waals surface area contributed by atoms with E-state index in [1.54, 1.807) is 30.6 Å². The average Bonchev–Trinajstić information content (AvgIpc) is 2.97. The lowest BCUT2D eigenvalue weighted by Gasteiger charge is -2.22. The Kier molecular flexibility index (Phi) is 10.3. The maximum Gasteiger partial charge on any atom is 0.326 e. The summed E-state index contributed by atoms with van der Waals surface area (Å²) in [6, 6.07) is 17.5. The molecule has 0 saturated carbocycles. The highest BCUT2D eigenvalue weighted by Crippen LogP contribution is 2.24. The number of nitrogens with zero attached hydrogens (tertiary/aromatic N) is 3. The highest BCUT2D eigenvalue weighted by atomic mass is 19.1. The standard InChI is InChI=1S/C29H32FN7O3/c30-20-40-26-5-2-1-4-25(26)34-29(39)36-28-33-18-24(27(38)35-28)23-8-6-22(7-9-23)19-37(16-3-13-31)17-12-21-10-14-32-15-11-21/h1-2,4-11,14-15,18H,3,12-13,16-17,19-20,31H2,(H3,33,34,35,36,38,39). The molecule has 4 aromatic rings. The van der Waals surface area contributed by atoms with E-state index < -0.39 is 18.5 Å². The minimum atomic E-state index is -1.03. The van der Waals surface area contributed by atoms with Gasteiger partial charge in [0.2, 0.25) is 12.8 Å². The third-order valence-electron chi connectivity index (χ3n) is 6.19. The Morgan fingerprint density at radius 2 is 1.77 bits per heavy atom. The molecule has 0 unspecified atom stereocenters. The number of hydrogen-bond donors (Lipinski definition) is 4. The highest BCUT2D eigenvalue weighted by Gasteiger charge is 2.12. The number of alkyl halides is 1. The highest BCUT2D eigenvalue weighted by molar-refractivity contribution is 5.99. The van der Waals surface area contributed by atoms with Crippen LogP contribution in [-0.4, -0.2) is 52.4 Å². The molecule has 2 aromatic carbocycles. The summed E-state index contributed by atoms with van der Waals surface area (Å²) in [6.45, 7) is 2.15. The summed E-state index contributed by atoms with van der Waals surface area (Å²) in [4.78, 5) is 38.3. The molecule has 0 saturated heterocycles. The van der Waals surface area contributed by atoms with E-state index in [1.165, 1.54) is 17.8 Å². The number of H-pyrrole nitrogens is 1. The summed E-state index contributed by atoms with van der Waals surface area (Å²) >= 11 is 0. The Morgan fingerprint density at radius 1 is 1.00 bits per heavy atom. The topological polar surface area (TPSA) is 138 Å². The Morgan fingerprint density at radius 3 is 2.50 bits per heavy atom. The van der Waals surface area contributed by atoms with E-state index in [9.17, 15) is 14.0 Å². The summed E-state index contributed by atoms with van der Waals surface area (Å²) < 4.78 is 17.4. The van der Waals surface area contributed by atoms with Crippen molar-refractivity contribution < 1.29 is 13.9 Å². The Bertz CT molecular complexity index is 1430. The van der Waals surface area contributed by atoms with Gasteiger partial charge in [0.05, 0.1) is 11.3 Å². The Hall–Kier alpha value is -4.61. The molecule has 4 rings (SSSR count). The van der Waals surface area contributed by atoms with E-state index in [1.807, 2.05) is 36.4 Å². The van der Waals surface area contributed by atoms with Gasteiger partial charge < -0.3 is 20.8 Å². The molecule has 2 aromatic heterocycles. The van der Waals surface area contributed by atoms with Gasteiger partial charge in [-0.15, -0.1) is 0 Å². The van der Waals surface area contributed by atoms with E-state index >= 15 is 0 Å². The van der Waals surface area contributed by atoms with Crippen molar-refractivity contribution >= 4 is 17.7 Å². The van der Waals surface area contributed by atoms with Crippen molar-refractivity contribution in [2.45, 2.75) is 19.4 Å². The SMILES string of the molecule is NCCCN(CCc1ccncc1)Cc1ccc(-c2c[nH]c(NC(=O)Nc3ccccc3OCF)nc2=O)cc1. The molecule has 5 N–H and O–H groups in total. The lowest BCUT2D eigenvalue weighted by Crippen LogP contribution is -2.28. The van der Waals surface area contributed by atoms with Gasteiger partial charge in [-0.1, -0.05) is 36.4 Å². The molecular weight excluding hydrogens is 513 g/mol. The van der Waals surface area contributed by atoms with E-state index in [2.05, 4.69) is 30.5 Å². The van der Waals surface area contributed by atoms with Crippen LogP contribution in [-0.2, 0) is 13.0 Å². The van der Waals surface area contributed by atoms with Crippen molar-refractivity contribution in [2.75, 3.05) is 37.1 Å². The number of carbonyl (C=O) groups excluding carboxylic acids is 1.